The molecule has 0 heterocycles. The minimum atomic E-state index is -0.909. The minimum Gasteiger partial charge on any atom is -0.481 e. The predicted molar refractivity (Wildman–Crippen MR) is 70.0 cm³/mol. The topological polar surface area (TPSA) is 99.1 Å². The lowest BCUT2D eigenvalue weighted by Crippen LogP contribution is -2.45. The molecule has 0 aliphatic heterocycles. The Morgan fingerprint density at radius 3 is 2.53 bits per heavy atom. The van der Waals surface area contributed by atoms with Gasteiger partial charge in [-0.25, -0.2) is 4.79 Å². The third kappa shape index (κ3) is 7.63. The van der Waals surface area contributed by atoms with Crippen molar-refractivity contribution in [2.75, 3.05) is 40.0 Å². The summed E-state index contributed by atoms with van der Waals surface area (Å²) in [6.07, 6.45) is 1.27. The van der Waals surface area contributed by atoms with Gasteiger partial charge in [-0.05, 0) is 6.42 Å². The van der Waals surface area contributed by atoms with E-state index < -0.39 is 11.9 Å². The summed E-state index contributed by atoms with van der Waals surface area (Å²) in [6, 6.07) is -0.381. The van der Waals surface area contributed by atoms with Gasteiger partial charge in [0.25, 0.3) is 0 Å². The molecule has 0 aliphatic carbocycles. The normalized spacial score (nSPS) is 11.9. The van der Waals surface area contributed by atoms with Crippen molar-refractivity contribution in [3.05, 3.63) is 0 Å². The van der Waals surface area contributed by atoms with E-state index in [9.17, 15) is 9.59 Å². The van der Waals surface area contributed by atoms with Gasteiger partial charge in [0, 0.05) is 26.7 Å². The molecule has 3 N–H and O–H groups in total. The van der Waals surface area contributed by atoms with E-state index in [0.29, 0.717) is 19.6 Å². The molecule has 1 atom stereocenters. The zero-order valence-electron chi connectivity index (χ0n) is 11.6. The van der Waals surface area contributed by atoms with Crippen LogP contribution in [0.15, 0.2) is 0 Å². The first-order valence-corrected chi connectivity index (χ1v) is 6.42. The molecular formula is C12H24N2O5. The fourth-order valence-corrected chi connectivity index (χ4v) is 1.62. The number of aliphatic hydroxyl groups is 1. The first-order chi connectivity index (χ1) is 9.06. The Labute approximate surface area is 113 Å². The fraction of sp³-hybridized carbons (Fsp3) is 0.833. The molecule has 0 bridgehead atoms. The van der Waals surface area contributed by atoms with Gasteiger partial charge in [-0.1, -0.05) is 13.3 Å². The van der Waals surface area contributed by atoms with Gasteiger partial charge in [0.05, 0.1) is 19.1 Å². The number of nitrogens with zero attached hydrogens (tertiary/aromatic N) is 1. The van der Waals surface area contributed by atoms with E-state index in [4.69, 9.17) is 14.9 Å². The maximum absolute atomic E-state index is 11.8. The lowest BCUT2D eigenvalue weighted by molar-refractivity contribution is -0.141. The second-order valence-electron chi connectivity index (χ2n) is 4.21. The fourth-order valence-electron chi connectivity index (χ4n) is 1.62. The standard InChI is InChI=1S/C12H24N2O5/c1-3-4-10(11(16)17)9-13-12(18)14(5-7-15)6-8-19-2/h10,15H,3-9H2,1-2H3,(H,13,18)(H,16,17). The van der Waals surface area contributed by atoms with Crippen LogP contribution in [0.3, 0.4) is 0 Å². The number of methoxy groups -OCH3 is 1. The van der Waals surface area contributed by atoms with Crippen molar-refractivity contribution in [2.45, 2.75) is 19.8 Å². The largest absolute Gasteiger partial charge is 0.481 e. The number of carboxylic acid groups (broad SMARTS) is 1. The average molecular weight is 276 g/mol. The Kier molecular flexibility index (Phi) is 9.82. The highest BCUT2D eigenvalue weighted by molar-refractivity contribution is 5.76. The molecule has 0 aliphatic rings. The SMILES string of the molecule is CCCC(CNC(=O)N(CCO)CCOC)C(=O)O. The Hall–Kier alpha value is -1.34. The van der Waals surface area contributed by atoms with Gasteiger partial charge in [0.1, 0.15) is 0 Å². The van der Waals surface area contributed by atoms with Gasteiger partial charge in [-0.3, -0.25) is 4.79 Å². The monoisotopic (exact) mass is 276 g/mol. The molecule has 2 amide bonds. The molecule has 0 saturated carbocycles. The number of carboxylic acids is 1. The van der Waals surface area contributed by atoms with Crippen LogP contribution in [0.5, 0.6) is 0 Å². The first kappa shape index (κ1) is 17.7. The van der Waals surface area contributed by atoms with E-state index in [1.807, 2.05) is 6.92 Å². The minimum absolute atomic E-state index is 0.0942. The number of nitrogens with one attached hydrogen (secondary N) is 1. The van der Waals surface area contributed by atoms with Gasteiger partial charge < -0.3 is 25.2 Å². The molecule has 0 aromatic heterocycles. The van der Waals surface area contributed by atoms with Gasteiger partial charge in [-0.2, -0.15) is 0 Å². The molecule has 7 heteroatoms. The van der Waals surface area contributed by atoms with Crippen LogP contribution in [0.4, 0.5) is 4.79 Å². The van der Waals surface area contributed by atoms with E-state index in [1.165, 1.54) is 12.0 Å². The van der Waals surface area contributed by atoms with E-state index in [-0.39, 0.29) is 25.7 Å². The lowest BCUT2D eigenvalue weighted by atomic mass is 10.0. The van der Waals surface area contributed by atoms with Crippen molar-refractivity contribution in [3.63, 3.8) is 0 Å². The number of aliphatic carboxylic acids is 1. The number of carbonyl (C=O) groups is 2. The molecule has 1 unspecified atom stereocenters. The summed E-state index contributed by atoms with van der Waals surface area (Å²) >= 11 is 0. The Bertz CT molecular complexity index is 273. The summed E-state index contributed by atoms with van der Waals surface area (Å²) in [5.41, 5.74) is 0. The summed E-state index contributed by atoms with van der Waals surface area (Å²) in [6.45, 7) is 2.76. The van der Waals surface area contributed by atoms with Gasteiger partial charge in [0.2, 0.25) is 0 Å². The molecule has 0 saturated heterocycles. The van der Waals surface area contributed by atoms with Crippen LogP contribution in [0.2, 0.25) is 0 Å². The molecule has 112 valence electrons. The maximum Gasteiger partial charge on any atom is 0.317 e. The smallest absolute Gasteiger partial charge is 0.317 e. The van der Waals surface area contributed by atoms with Gasteiger partial charge in [-0.15, -0.1) is 0 Å². The van der Waals surface area contributed by atoms with E-state index in [1.54, 1.807) is 0 Å². The zero-order valence-corrected chi connectivity index (χ0v) is 11.6. The molecule has 7 nitrogen and oxygen atoms in total. The number of hydrogen-bond acceptors (Lipinski definition) is 4. The summed E-state index contributed by atoms with van der Waals surface area (Å²) < 4.78 is 4.87. The number of urea groups is 1. The summed E-state index contributed by atoms with van der Waals surface area (Å²) in [5.74, 6) is -1.49. The third-order valence-electron chi connectivity index (χ3n) is 2.71. The van der Waals surface area contributed by atoms with Crippen molar-refractivity contribution < 1.29 is 24.5 Å². The molecule has 0 fully saturated rings. The number of rotatable bonds is 10. The predicted octanol–water partition coefficient (Wildman–Crippen LogP) is 0.138. The van der Waals surface area contributed by atoms with Crippen molar-refractivity contribution in [3.8, 4) is 0 Å². The molecular weight excluding hydrogens is 252 g/mol. The number of aliphatic hydroxyl groups excluding tert-OH is 1. The summed E-state index contributed by atoms with van der Waals surface area (Å²) in [5, 5.41) is 20.4. The zero-order chi connectivity index (χ0) is 14.7. The van der Waals surface area contributed by atoms with Crippen LogP contribution < -0.4 is 5.32 Å². The Morgan fingerprint density at radius 1 is 1.37 bits per heavy atom. The second-order valence-corrected chi connectivity index (χ2v) is 4.21. The molecule has 0 rings (SSSR count). The van der Waals surface area contributed by atoms with Gasteiger partial charge >= 0.3 is 12.0 Å². The van der Waals surface area contributed by atoms with E-state index >= 15 is 0 Å². The van der Waals surface area contributed by atoms with Crippen molar-refractivity contribution >= 4 is 12.0 Å². The highest BCUT2D eigenvalue weighted by Crippen LogP contribution is 2.05. The molecule has 19 heavy (non-hydrogen) atoms. The van der Waals surface area contributed by atoms with Crippen LogP contribution in [0.25, 0.3) is 0 Å². The molecule has 0 aromatic carbocycles. The average Bonchev–Trinajstić information content (AvgIpc) is 2.38. The van der Waals surface area contributed by atoms with Crippen molar-refractivity contribution in [1.29, 1.82) is 0 Å². The molecule has 0 spiro atoms. The number of amides is 2. The van der Waals surface area contributed by atoms with E-state index in [2.05, 4.69) is 5.32 Å². The third-order valence-corrected chi connectivity index (χ3v) is 2.71. The van der Waals surface area contributed by atoms with Crippen LogP contribution in [0, 0.1) is 5.92 Å². The van der Waals surface area contributed by atoms with Crippen LogP contribution >= 0.6 is 0 Å². The quantitative estimate of drug-likeness (QED) is 0.527. The van der Waals surface area contributed by atoms with Crippen molar-refractivity contribution in [2.24, 2.45) is 5.92 Å². The van der Waals surface area contributed by atoms with Crippen molar-refractivity contribution in [1.82, 2.24) is 10.2 Å². The Morgan fingerprint density at radius 2 is 2.05 bits per heavy atom. The summed E-state index contributed by atoms with van der Waals surface area (Å²) in [4.78, 5) is 24.2. The molecule has 0 radical (unpaired) electrons. The second kappa shape index (κ2) is 10.6. The number of hydrogen-bond donors (Lipinski definition) is 3. The molecule has 0 aromatic rings. The van der Waals surface area contributed by atoms with Crippen LogP contribution in [-0.4, -0.2) is 67.1 Å². The number of ether oxygens (including phenoxy) is 1. The van der Waals surface area contributed by atoms with E-state index in [0.717, 1.165) is 6.42 Å². The summed E-state index contributed by atoms with van der Waals surface area (Å²) in [7, 11) is 1.52. The Balaban J connectivity index is 4.25. The van der Waals surface area contributed by atoms with Gasteiger partial charge in [0.15, 0.2) is 0 Å². The number of carbonyl (C=O) groups excluding carboxylic acids is 1. The highest BCUT2D eigenvalue weighted by atomic mass is 16.5. The lowest BCUT2D eigenvalue weighted by Gasteiger charge is -2.22. The maximum atomic E-state index is 11.8. The first-order valence-electron chi connectivity index (χ1n) is 6.42. The van der Waals surface area contributed by atoms with Crippen LogP contribution in [-0.2, 0) is 9.53 Å². The van der Waals surface area contributed by atoms with Crippen LogP contribution in [0.1, 0.15) is 19.8 Å². The highest BCUT2D eigenvalue weighted by Gasteiger charge is 2.19.